The SMILES string of the molecule is CCN(CC)CC(C)NS(=O)(=O)c1cccnc1NN. The van der Waals surface area contributed by atoms with Crippen LogP contribution in [0.25, 0.3) is 0 Å². The van der Waals surface area contributed by atoms with Crippen molar-refractivity contribution in [1.29, 1.82) is 0 Å². The lowest BCUT2D eigenvalue weighted by molar-refractivity contribution is 0.282. The summed E-state index contributed by atoms with van der Waals surface area (Å²) in [6.45, 7) is 8.33. The molecule has 114 valence electrons. The molecule has 0 saturated heterocycles. The third-order valence-corrected chi connectivity index (χ3v) is 4.60. The van der Waals surface area contributed by atoms with Crippen LogP contribution in [0.1, 0.15) is 20.8 Å². The fourth-order valence-electron chi connectivity index (χ4n) is 1.95. The first-order valence-corrected chi connectivity index (χ1v) is 8.09. The van der Waals surface area contributed by atoms with Crippen molar-refractivity contribution in [2.75, 3.05) is 25.1 Å². The van der Waals surface area contributed by atoms with Gasteiger partial charge in [0.15, 0.2) is 5.82 Å². The minimum Gasteiger partial charge on any atom is -0.307 e. The molecule has 20 heavy (non-hydrogen) atoms. The Labute approximate surface area is 120 Å². The summed E-state index contributed by atoms with van der Waals surface area (Å²) in [5, 5.41) is 0. The molecule has 0 fully saturated rings. The topological polar surface area (TPSA) is 100 Å². The van der Waals surface area contributed by atoms with E-state index in [0.717, 1.165) is 13.1 Å². The van der Waals surface area contributed by atoms with Crippen LogP contribution in [0.2, 0.25) is 0 Å². The van der Waals surface area contributed by atoms with Crippen LogP contribution in [-0.2, 0) is 10.0 Å². The van der Waals surface area contributed by atoms with Gasteiger partial charge < -0.3 is 10.3 Å². The van der Waals surface area contributed by atoms with Crippen molar-refractivity contribution in [2.24, 2.45) is 5.84 Å². The molecule has 0 spiro atoms. The summed E-state index contributed by atoms with van der Waals surface area (Å²) in [6, 6.07) is 2.82. The zero-order valence-corrected chi connectivity index (χ0v) is 12.9. The van der Waals surface area contributed by atoms with Crippen molar-refractivity contribution in [3.63, 3.8) is 0 Å². The first-order chi connectivity index (χ1) is 9.44. The average Bonchev–Trinajstić information content (AvgIpc) is 2.44. The number of nitrogens with one attached hydrogen (secondary N) is 2. The van der Waals surface area contributed by atoms with Crippen LogP contribution >= 0.6 is 0 Å². The van der Waals surface area contributed by atoms with Gasteiger partial charge in [0.1, 0.15) is 4.90 Å². The second-order valence-electron chi connectivity index (χ2n) is 4.50. The quantitative estimate of drug-likeness (QED) is 0.474. The molecule has 1 atom stereocenters. The van der Waals surface area contributed by atoms with Gasteiger partial charge in [0.2, 0.25) is 10.0 Å². The highest BCUT2D eigenvalue weighted by Crippen LogP contribution is 2.17. The molecule has 7 nitrogen and oxygen atoms in total. The Morgan fingerprint density at radius 3 is 2.60 bits per heavy atom. The van der Waals surface area contributed by atoms with Crippen LogP contribution in [0.3, 0.4) is 0 Å². The fraction of sp³-hybridized carbons (Fsp3) is 0.583. The van der Waals surface area contributed by atoms with Crippen molar-refractivity contribution >= 4 is 15.8 Å². The van der Waals surface area contributed by atoms with Crippen LogP contribution in [-0.4, -0.2) is 44.0 Å². The molecular weight excluding hydrogens is 278 g/mol. The van der Waals surface area contributed by atoms with Gasteiger partial charge in [-0.1, -0.05) is 13.8 Å². The van der Waals surface area contributed by atoms with Crippen LogP contribution < -0.4 is 16.0 Å². The summed E-state index contributed by atoms with van der Waals surface area (Å²) < 4.78 is 27.3. The number of hydrogen-bond donors (Lipinski definition) is 3. The number of nitrogens with zero attached hydrogens (tertiary/aromatic N) is 2. The smallest absolute Gasteiger partial charge is 0.244 e. The molecule has 4 N–H and O–H groups in total. The summed E-state index contributed by atoms with van der Waals surface area (Å²) in [6.07, 6.45) is 1.48. The van der Waals surface area contributed by atoms with Gasteiger partial charge in [-0.05, 0) is 32.1 Å². The predicted molar refractivity (Wildman–Crippen MR) is 79.6 cm³/mol. The zero-order valence-electron chi connectivity index (χ0n) is 12.1. The highest BCUT2D eigenvalue weighted by atomic mass is 32.2. The number of sulfonamides is 1. The molecule has 1 heterocycles. The predicted octanol–water partition coefficient (Wildman–Crippen LogP) is 0.376. The first-order valence-electron chi connectivity index (χ1n) is 6.60. The number of rotatable bonds is 8. The summed E-state index contributed by atoms with van der Waals surface area (Å²) in [4.78, 5) is 6.10. The molecule has 0 saturated carbocycles. The molecule has 1 unspecified atom stereocenters. The zero-order chi connectivity index (χ0) is 15.2. The van der Waals surface area contributed by atoms with E-state index in [1.807, 2.05) is 20.8 Å². The first kappa shape index (κ1) is 16.8. The Bertz CT molecular complexity index is 516. The van der Waals surface area contributed by atoms with Gasteiger partial charge in [-0.2, -0.15) is 0 Å². The third kappa shape index (κ3) is 4.41. The molecule has 8 heteroatoms. The average molecular weight is 301 g/mol. The number of anilines is 1. The second-order valence-corrected chi connectivity index (χ2v) is 6.19. The lowest BCUT2D eigenvalue weighted by atomic mass is 10.3. The maximum absolute atomic E-state index is 12.3. The number of aromatic nitrogens is 1. The largest absolute Gasteiger partial charge is 0.307 e. The molecule has 1 aromatic rings. The van der Waals surface area contributed by atoms with Crippen molar-refractivity contribution in [1.82, 2.24) is 14.6 Å². The van der Waals surface area contributed by atoms with E-state index in [2.05, 4.69) is 20.0 Å². The number of hydrogen-bond acceptors (Lipinski definition) is 6. The molecule has 0 aliphatic heterocycles. The molecule has 1 aromatic heterocycles. The Morgan fingerprint density at radius 1 is 1.40 bits per heavy atom. The van der Waals surface area contributed by atoms with E-state index in [-0.39, 0.29) is 16.8 Å². The van der Waals surface area contributed by atoms with Crippen molar-refractivity contribution in [3.8, 4) is 0 Å². The Kier molecular flexibility index (Phi) is 6.34. The maximum atomic E-state index is 12.3. The monoisotopic (exact) mass is 301 g/mol. The van der Waals surface area contributed by atoms with Gasteiger partial charge in [-0.3, -0.25) is 0 Å². The Morgan fingerprint density at radius 2 is 2.05 bits per heavy atom. The van der Waals surface area contributed by atoms with Crippen LogP contribution in [0.5, 0.6) is 0 Å². The number of nitrogens with two attached hydrogens (primary N) is 1. The maximum Gasteiger partial charge on any atom is 0.244 e. The Balaban J connectivity index is 2.84. The van der Waals surface area contributed by atoms with Crippen molar-refractivity contribution in [3.05, 3.63) is 18.3 Å². The molecule has 1 rings (SSSR count). The standard InChI is InChI=1S/C12H23N5O2S/c1-4-17(5-2)9-10(3)16-20(18,19)11-7-6-8-14-12(11)15-13/h6-8,10,16H,4-5,9,13H2,1-3H3,(H,14,15). The van der Waals surface area contributed by atoms with Gasteiger partial charge >= 0.3 is 0 Å². The third-order valence-electron chi connectivity index (χ3n) is 2.98. The Hall–Kier alpha value is -1.22. The molecule has 0 amide bonds. The van der Waals surface area contributed by atoms with E-state index in [4.69, 9.17) is 5.84 Å². The van der Waals surface area contributed by atoms with E-state index < -0.39 is 10.0 Å². The van der Waals surface area contributed by atoms with E-state index >= 15 is 0 Å². The number of pyridine rings is 1. The van der Waals surface area contributed by atoms with Crippen LogP contribution in [0, 0.1) is 0 Å². The number of nitrogen functional groups attached to an aromatic ring is 1. The van der Waals surface area contributed by atoms with E-state index in [1.165, 1.54) is 12.3 Å². The number of hydrazine groups is 1. The summed E-state index contributed by atoms with van der Waals surface area (Å²) in [5.74, 6) is 5.42. The molecular formula is C12H23N5O2S. The van der Waals surface area contributed by atoms with Crippen molar-refractivity contribution < 1.29 is 8.42 Å². The lowest BCUT2D eigenvalue weighted by Crippen LogP contribution is -2.42. The van der Waals surface area contributed by atoms with Gasteiger partial charge in [0.05, 0.1) is 0 Å². The van der Waals surface area contributed by atoms with Gasteiger partial charge in [0.25, 0.3) is 0 Å². The van der Waals surface area contributed by atoms with E-state index in [1.54, 1.807) is 6.07 Å². The van der Waals surface area contributed by atoms with E-state index in [0.29, 0.717) is 6.54 Å². The van der Waals surface area contributed by atoms with E-state index in [9.17, 15) is 8.42 Å². The second kappa shape index (κ2) is 7.53. The summed E-state index contributed by atoms with van der Waals surface area (Å²) in [7, 11) is -3.65. The minimum absolute atomic E-state index is 0.0499. The van der Waals surface area contributed by atoms with Crippen molar-refractivity contribution in [2.45, 2.75) is 31.7 Å². The lowest BCUT2D eigenvalue weighted by Gasteiger charge is -2.23. The summed E-state index contributed by atoms with van der Waals surface area (Å²) in [5.41, 5.74) is 2.30. The highest BCUT2D eigenvalue weighted by molar-refractivity contribution is 7.89. The van der Waals surface area contributed by atoms with Gasteiger partial charge in [-0.15, -0.1) is 0 Å². The number of likely N-dealkylation sites (N-methyl/N-ethyl adjacent to an activating group) is 1. The molecule has 0 aromatic carbocycles. The van der Waals surface area contributed by atoms with Crippen LogP contribution in [0.15, 0.2) is 23.2 Å². The van der Waals surface area contributed by atoms with Gasteiger partial charge in [-0.25, -0.2) is 24.0 Å². The fourth-order valence-corrected chi connectivity index (χ4v) is 3.31. The molecule has 0 bridgehead atoms. The summed E-state index contributed by atoms with van der Waals surface area (Å²) >= 11 is 0. The molecule has 0 radical (unpaired) electrons. The van der Waals surface area contributed by atoms with Crippen LogP contribution in [0.4, 0.5) is 5.82 Å². The molecule has 0 aliphatic carbocycles. The van der Waals surface area contributed by atoms with Gasteiger partial charge in [0, 0.05) is 18.8 Å². The normalized spacial score (nSPS) is 13.4. The highest BCUT2D eigenvalue weighted by Gasteiger charge is 2.22. The molecule has 0 aliphatic rings. The minimum atomic E-state index is -3.65.